The summed E-state index contributed by atoms with van der Waals surface area (Å²) in [6.45, 7) is 0. The maximum atomic E-state index is 12.1. The van der Waals surface area contributed by atoms with Gasteiger partial charge in [0, 0.05) is 4.47 Å². The highest BCUT2D eigenvalue weighted by Gasteiger charge is 2.17. The number of hydrogen-bond acceptors (Lipinski definition) is 3. The first-order valence-corrected chi connectivity index (χ1v) is 6.92. The first kappa shape index (κ1) is 15.2. The van der Waals surface area contributed by atoms with Crippen LogP contribution in [0.3, 0.4) is 0 Å². The molecule has 5 nitrogen and oxygen atoms in total. The Bertz CT molecular complexity index is 674. The fourth-order valence-corrected chi connectivity index (χ4v) is 2.25. The maximum absolute atomic E-state index is 12.1. The van der Waals surface area contributed by atoms with Gasteiger partial charge in [-0.25, -0.2) is 4.79 Å². The molecule has 2 aromatic rings. The van der Waals surface area contributed by atoms with Gasteiger partial charge in [-0.2, -0.15) is 0 Å². The molecular weight excluding hydrogens is 336 g/mol. The minimum Gasteiger partial charge on any atom is -0.478 e. The number of anilines is 1. The molecule has 0 heterocycles. The van der Waals surface area contributed by atoms with E-state index in [1.165, 1.54) is 18.2 Å². The van der Waals surface area contributed by atoms with Crippen LogP contribution in [-0.4, -0.2) is 17.0 Å². The van der Waals surface area contributed by atoms with Crippen LogP contribution in [0.1, 0.15) is 22.0 Å². The van der Waals surface area contributed by atoms with Crippen LogP contribution in [0.4, 0.5) is 5.69 Å². The first-order valence-electron chi connectivity index (χ1n) is 6.13. The molecule has 2 rings (SSSR count). The largest absolute Gasteiger partial charge is 0.478 e. The van der Waals surface area contributed by atoms with Crippen molar-refractivity contribution in [3.05, 3.63) is 64.1 Å². The number of carbonyl (C=O) groups excluding carboxylic acids is 1. The van der Waals surface area contributed by atoms with Gasteiger partial charge in [-0.05, 0) is 39.7 Å². The summed E-state index contributed by atoms with van der Waals surface area (Å²) in [7, 11) is 0. The molecule has 0 aliphatic carbocycles. The number of aromatic carboxylic acids is 1. The minimum atomic E-state index is -1.03. The van der Waals surface area contributed by atoms with Gasteiger partial charge < -0.3 is 16.2 Å². The van der Waals surface area contributed by atoms with Crippen molar-refractivity contribution < 1.29 is 14.7 Å². The predicted molar refractivity (Wildman–Crippen MR) is 83.1 cm³/mol. The van der Waals surface area contributed by atoms with Gasteiger partial charge in [-0.15, -0.1) is 0 Å². The molecule has 1 amide bonds. The van der Waals surface area contributed by atoms with Gasteiger partial charge in [-0.1, -0.05) is 30.3 Å². The van der Waals surface area contributed by atoms with E-state index in [4.69, 9.17) is 10.8 Å². The highest BCUT2D eigenvalue weighted by atomic mass is 79.9. The summed E-state index contributed by atoms with van der Waals surface area (Å²) in [5.74, 6) is -1.40. The molecule has 21 heavy (non-hydrogen) atoms. The molecule has 0 saturated carbocycles. The molecule has 0 saturated heterocycles. The van der Waals surface area contributed by atoms with Crippen LogP contribution in [0.2, 0.25) is 0 Å². The number of halogens is 1. The SMILES string of the molecule is N[C@H](C(=O)Nc1ccc(C(=O)O)cc1Br)c1ccccc1. The maximum Gasteiger partial charge on any atom is 0.335 e. The van der Waals surface area contributed by atoms with Crippen LogP contribution in [0, 0.1) is 0 Å². The van der Waals surface area contributed by atoms with Gasteiger partial charge in [0.15, 0.2) is 0 Å². The molecule has 108 valence electrons. The Kier molecular flexibility index (Phi) is 4.72. The highest BCUT2D eigenvalue weighted by molar-refractivity contribution is 9.10. The minimum absolute atomic E-state index is 0.132. The quantitative estimate of drug-likeness (QED) is 0.791. The molecule has 0 bridgehead atoms. The van der Waals surface area contributed by atoms with Crippen LogP contribution in [-0.2, 0) is 4.79 Å². The van der Waals surface area contributed by atoms with E-state index in [2.05, 4.69) is 21.2 Å². The lowest BCUT2D eigenvalue weighted by atomic mass is 10.1. The molecule has 0 spiro atoms. The predicted octanol–water partition coefficient (Wildman–Crippen LogP) is 2.79. The second-order valence-electron chi connectivity index (χ2n) is 4.38. The second kappa shape index (κ2) is 6.51. The van der Waals surface area contributed by atoms with Gasteiger partial charge in [0.25, 0.3) is 0 Å². The van der Waals surface area contributed by atoms with E-state index in [9.17, 15) is 9.59 Å². The molecule has 2 aromatic carbocycles. The zero-order chi connectivity index (χ0) is 15.4. The van der Waals surface area contributed by atoms with Crippen molar-refractivity contribution in [2.24, 2.45) is 5.73 Å². The average Bonchev–Trinajstić information content (AvgIpc) is 2.49. The van der Waals surface area contributed by atoms with Gasteiger partial charge in [-0.3, -0.25) is 4.79 Å². The number of carboxylic acids is 1. The van der Waals surface area contributed by atoms with E-state index in [0.29, 0.717) is 15.7 Å². The molecule has 0 unspecified atom stereocenters. The lowest BCUT2D eigenvalue weighted by Crippen LogP contribution is -2.27. The number of nitrogens with two attached hydrogens (primary N) is 1. The van der Waals surface area contributed by atoms with Gasteiger partial charge in [0.05, 0.1) is 11.3 Å². The van der Waals surface area contributed by atoms with Crippen molar-refractivity contribution in [1.82, 2.24) is 0 Å². The number of hydrogen-bond donors (Lipinski definition) is 3. The summed E-state index contributed by atoms with van der Waals surface area (Å²) < 4.78 is 0.482. The summed E-state index contributed by atoms with van der Waals surface area (Å²) >= 11 is 3.23. The van der Waals surface area contributed by atoms with E-state index in [-0.39, 0.29) is 11.5 Å². The van der Waals surface area contributed by atoms with E-state index >= 15 is 0 Å². The van der Waals surface area contributed by atoms with Crippen molar-refractivity contribution in [1.29, 1.82) is 0 Å². The normalized spacial score (nSPS) is 11.7. The molecule has 0 fully saturated rings. The Morgan fingerprint density at radius 2 is 1.81 bits per heavy atom. The summed E-state index contributed by atoms with van der Waals surface area (Å²) in [4.78, 5) is 23.0. The van der Waals surface area contributed by atoms with Gasteiger partial charge >= 0.3 is 5.97 Å². The van der Waals surface area contributed by atoms with E-state index in [1.54, 1.807) is 24.3 Å². The fraction of sp³-hybridized carbons (Fsp3) is 0.0667. The van der Waals surface area contributed by atoms with Crippen LogP contribution < -0.4 is 11.1 Å². The third kappa shape index (κ3) is 3.68. The zero-order valence-corrected chi connectivity index (χ0v) is 12.5. The Labute approximate surface area is 129 Å². The molecule has 0 aliphatic rings. The van der Waals surface area contributed by atoms with Crippen LogP contribution in [0.25, 0.3) is 0 Å². The third-order valence-electron chi connectivity index (χ3n) is 2.92. The third-order valence-corrected chi connectivity index (χ3v) is 3.57. The number of nitrogens with one attached hydrogen (secondary N) is 1. The first-order chi connectivity index (χ1) is 9.99. The molecule has 1 atom stereocenters. The van der Waals surface area contributed by atoms with E-state index < -0.39 is 12.0 Å². The summed E-state index contributed by atoms with van der Waals surface area (Å²) in [5, 5.41) is 11.6. The monoisotopic (exact) mass is 348 g/mol. The van der Waals surface area contributed by atoms with Crippen LogP contribution >= 0.6 is 15.9 Å². The smallest absolute Gasteiger partial charge is 0.335 e. The van der Waals surface area contributed by atoms with Crippen LogP contribution in [0.15, 0.2) is 53.0 Å². The number of benzene rings is 2. The van der Waals surface area contributed by atoms with E-state index in [1.807, 2.05) is 6.07 Å². The summed E-state index contributed by atoms with van der Waals surface area (Å²) in [6, 6.07) is 12.6. The number of carbonyl (C=O) groups is 2. The lowest BCUT2D eigenvalue weighted by molar-refractivity contribution is -0.117. The standard InChI is InChI=1S/C15H13BrN2O3/c16-11-8-10(15(20)21)6-7-12(11)18-14(19)13(17)9-4-2-1-3-5-9/h1-8,13H,17H2,(H,18,19)(H,20,21)/t13-/m0/s1. The Balaban J connectivity index is 2.15. The van der Waals surface area contributed by atoms with Crippen LogP contribution in [0.5, 0.6) is 0 Å². The Hall–Kier alpha value is -2.18. The summed E-state index contributed by atoms with van der Waals surface area (Å²) in [5.41, 5.74) is 7.20. The van der Waals surface area contributed by atoms with Crippen molar-refractivity contribution in [2.45, 2.75) is 6.04 Å². The molecule has 6 heteroatoms. The Morgan fingerprint density at radius 1 is 1.14 bits per heavy atom. The van der Waals surface area contributed by atoms with Crippen molar-refractivity contribution >= 4 is 33.5 Å². The van der Waals surface area contributed by atoms with Gasteiger partial charge in [0.2, 0.25) is 5.91 Å². The molecule has 0 aliphatic heterocycles. The summed E-state index contributed by atoms with van der Waals surface area (Å²) in [6.07, 6.45) is 0. The Morgan fingerprint density at radius 3 is 2.38 bits per heavy atom. The molecular formula is C15H13BrN2O3. The average molecular weight is 349 g/mol. The molecule has 4 N–H and O–H groups in total. The molecule has 0 aromatic heterocycles. The van der Waals surface area contributed by atoms with E-state index in [0.717, 1.165) is 0 Å². The van der Waals surface area contributed by atoms with Crippen molar-refractivity contribution in [3.8, 4) is 0 Å². The lowest BCUT2D eigenvalue weighted by Gasteiger charge is -2.13. The van der Waals surface area contributed by atoms with Gasteiger partial charge in [0.1, 0.15) is 6.04 Å². The van der Waals surface area contributed by atoms with Crippen molar-refractivity contribution in [3.63, 3.8) is 0 Å². The number of carboxylic acid groups (broad SMARTS) is 1. The topological polar surface area (TPSA) is 92.4 Å². The van der Waals surface area contributed by atoms with Crippen molar-refractivity contribution in [2.75, 3.05) is 5.32 Å². The second-order valence-corrected chi connectivity index (χ2v) is 5.23. The highest BCUT2D eigenvalue weighted by Crippen LogP contribution is 2.24. The number of rotatable bonds is 4. The number of amides is 1. The fourth-order valence-electron chi connectivity index (χ4n) is 1.77. The zero-order valence-electron chi connectivity index (χ0n) is 10.9. The molecule has 0 radical (unpaired) electrons.